The fraction of sp³-hybridized carbons (Fsp3) is 0.483. The quantitative estimate of drug-likeness (QED) is 0.486. The number of aryl methyl sites for hydroxylation is 1. The van der Waals surface area contributed by atoms with Crippen LogP contribution in [0.5, 0.6) is 0 Å². The van der Waals surface area contributed by atoms with Gasteiger partial charge >= 0.3 is 0 Å². The molecule has 2 N–H and O–H groups in total. The highest BCUT2D eigenvalue weighted by atomic mass is 16.2. The van der Waals surface area contributed by atoms with E-state index >= 15 is 0 Å². The van der Waals surface area contributed by atoms with Crippen molar-refractivity contribution >= 4 is 23.2 Å². The van der Waals surface area contributed by atoms with Gasteiger partial charge in [-0.3, -0.25) is 14.8 Å². The van der Waals surface area contributed by atoms with Crippen LogP contribution in [-0.2, 0) is 4.79 Å². The number of nitrogens with one attached hydrogen (secondary N) is 2. The van der Waals surface area contributed by atoms with Crippen LogP contribution in [0, 0.1) is 6.92 Å². The lowest BCUT2D eigenvalue weighted by atomic mass is 9.91. The van der Waals surface area contributed by atoms with E-state index in [1.54, 1.807) is 6.33 Å². The Hall–Kier alpha value is -3.59. The number of anilines is 3. The Kier molecular flexibility index (Phi) is 6.93. The summed E-state index contributed by atoms with van der Waals surface area (Å²) in [6.07, 6.45) is 7.95. The lowest BCUT2D eigenvalue weighted by Crippen LogP contribution is -2.35. The van der Waals surface area contributed by atoms with Gasteiger partial charge in [-0.05, 0) is 76.9 Å². The Bertz CT molecular complexity index is 1310. The second kappa shape index (κ2) is 10.6. The van der Waals surface area contributed by atoms with Gasteiger partial charge in [0, 0.05) is 55.1 Å². The van der Waals surface area contributed by atoms with E-state index in [1.807, 2.05) is 26.1 Å². The number of rotatable bonds is 7. The number of nitrogens with zero attached hydrogens (tertiary/aromatic N) is 6. The van der Waals surface area contributed by atoms with Crippen LogP contribution < -0.4 is 15.5 Å². The standard InChI is InChI=1S/C29H36N8O/c1-19-25-27(35-29(19)38)32-18-33-28(25)37-15-9-21(10-16-37)26-24(31-12-17-36-13-3-4-14-36)8-7-23(34-26)22-6-5-11-30-20(22)2/h5-8,11,18-19,21,31H,3-4,9-10,12-17H2,1-2H3,(H,32,33,35,38). The van der Waals surface area contributed by atoms with Crippen LogP contribution in [0.25, 0.3) is 11.3 Å². The first-order chi connectivity index (χ1) is 18.6. The van der Waals surface area contributed by atoms with E-state index in [4.69, 9.17) is 4.98 Å². The zero-order valence-corrected chi connectivity index (χ0v) is 22.3. The topological polar surface area (TPSA) is 99.2 Å². The lowest BCUT2D eigenvalue weighted by Gasteiger charge is -2.34. The number of pyridine rings is 2. The number of carbonyl (C=O) groups is 1. The number of hydrogen-bond acceptors (Lipinski definition) is 8. The molecule has 2 fully saturated rings. The molecule has 3 aliphatic heterocycles. The molecule has 3 aromatic heterocycles. The van der Waals surface area contributed by atoms with Gasteiger partial charge in [-0.2, -0.15) is 0 Å². The van der Waals surface area contributed by atoms with Gasteiger partial charge < -0.3 is 20.4 Å². The van der Waals surface area contributed by atoms with Gasteiger partial charge in [-0.15, -0.1) is 0 Å². The Morgan fingerprint density at radius 3 is 2.66 bits per heavy atom. The lowest BCUT2D eigenvalue weighted by molar-refractivity contribution is -0.116. The van der Waals surface area contributed by atoms with E-state index in [2.05, 4.69) is 53.6 Å². The summed E-state index contributed by atoms with van der Waals surface area (Å²) in [6, 6.07) is 8.40. The van der Waals surface area contributed by atoms with Crippen LogP contribution in [0.2, 0.25) is 0 Å². The smallest absolute Gasteiger partial charge is 0.233 e. The maximum absolute atomic E-state index is 12.3. The molecule has 1 amide bonds. The van der Waals surface area contributed by atoms with Crippen molar-refractivity contribution < 1.29 is 4.79 Å². The minimum atomic E-state index is -0.230. The van der Waals surface area contributed by atoms with Crippen LogP contribution in [0.4, 0.5) is 17.3 Å². The number of hydrogen-bond donors (Lipinski definition) is 2. The van der Waals surface area contributed by atoms with Crippen LogP contribution in [0.1, 0.15) is 61.4 Å². The Labute approximate surface area is 224 Å². The van der Waals surface area contributed by atoms with Gasteiger partial charge in [0.1, 0.15) is 18.0 Å². The van der Waals surface area contributed by atoms with E-state index in [0.29, 0.717) is 11.7 Å². The molecule has 0 saturated carbocycles. The third-order valence-corrected chi connectivity index (χ3v) is 8.26. The van der Waals surface area contributed by atoms with Gasteiger partial charge in [-0.25, -0.2) is 9.97 Å². The molecule has 9 heteroatoms. The molecule has 1 unspecified atom stereocenters. The molecule has 0 aromatic carbocycles. The average molecular weight is 513 g/mol. The highest BCUT2D eigenvalue weighted by Gasteiger charge is 2.34. The summed E-state index contributed by atoms with van der Waals surface area (Å²) in [7, 11) is 0. The Morgan fingerprint density at radius 2 is 1.87 bits per heavy atom. The second-order valence-corrected chi connectivity index (χ2v) is 10.7. The summed E-state index contributed by atoms with van der Waals surface area (Å²) in [5, 5.41) is 6.61. The first kappa shape index (κ1) is 24.7. The molecule has 9 nitrogen and oxygen atoms in total. The summed E-state index contributed by atoms with van der Waals surface area (Å²) in [5.74, 6) is 1.64. The molecule has 0 spiro atoms. The average Bonchev–Trinajstić information content (AvgIpc) is 3.57. The molecular formula is C29H36N8O. The van der Waals surface area contributed by atoms with Crippen LogP contribution in [-0.4, -0.2) is 70.0 Å². The molecule has 6 heterocycles. The predicted molar refractivity (Wildman–Crippen MR) is 150 cm³/mol. The normalized spacial score (nSPS) is 20.0. The van der Waals surface area contributed by atoms with Crippen molar-refractivity contribution in [3.63, 3.8) is 0 Å². The van der Waals surface area contributed by atoms with Crippen molar-refractivity contribution in [3.8, 4) is 11.3 Å². The molecule has 3 aromatic rings. The summed E-state index contributed by atoms with van der Waals surface area (Å²) in [4.78, 5) is 35.7. The highest BCUT2D eigenvalue weighted by molar-refractivity contribution is 6.03. The molecule has 198 valence electrons. The zero-order valence-electron chi connectivity index (χ0n) is 22.3. The van der Waals surface area contributed by atoms with Crippen LogP contribution in [0.15, 0.2) is 36.8 Å². The zero-order chi connectivity index (χ0) is 26.1. The largest absolute Gasteiger partial charge is 0.382 e. The van der Waals surface area contributed by atoms with E-state index in [-0.39, 0.29) is 11.8 Å². The fourth-order valence-corrected chi connectivity index (χ4v) is 6.05. The second-order valence-electron chi connectivity index (χ2n) is 10.7. The van der Waals surface area contributed by atoms with E-state index in [1.165, 1.54) is 25.9 Å². The summed E-state index contributed by atoms with van der Waals surface area (Å²) < 4.78 is 0. The summed E-state index contributed by atoms with van der Waals surface area (Å²) in [5.41, 5.74) is 6.25. The van der Waals surface area contributed by atoms with Gasteiger partial charge in [-0.1, -0.05) is 0 Å². The molecule has 6 rings (SSSR count). The van der Waals surface area contributed by atoms with Gasteiger partial charge in [0.05, 0.1) is 23.0 Å². The van der Waals surface area contributed by atoms with E-state index < -0.39 is 0 Å². The maximum atomic E-state index is 12.3. The fourth-order valence-electron chi connectivity index (χ4n) is 6.05. The van der Waals surface area contributed by atoms with Crippen molar-refractivity contribution in [2.45, 2.75) is 51.4 Å². The molecular weight excluding hydrogens is 476 g/mol. The van der Waals surface area contributed by atoms with E-state index in [9.17, 15) is 4.79 Å². The van der Waals surface area contributed by atoms with Gasteiger partial charge in [0.2, 0.25) is 5.91 Å². The minimum absolute atomic E-state index is 0.00649. The van der Waals surface area contributed by atoms with Crippen LogP contribution in [0.3, 0.4) is 0 Å². The predicted octanol–water partition coefficient (Wildman–Crippen LogP) is 4.19. The number of likely N-dealkylation sites (tertiary alicyclic amines) is 1. The van der Waals surface area contributed by atoms with Crippen molar-refractivity contribution in [2.24, 2.45) is 0 Å². The van der Waals surface area contributed by atoms with Crippen molar-refractivity contribution in [2.75, 3.05) is 54.8 Å². The van der Waals surface area contributed by atoms with Gasteiger partial charge in [0.15, 0.2) is 0 Å². The van der Waals surface area contributed by atoms with E-state index in [0.717, 1.165) is 78.7 Å². The molecule has 0 aliphatic carbocycles. The summed E-state index contributed by atoms with van der Waals surface area (Å²) in [6.45, 7) is 10.1. The van der Waals surface area contributed by atoms with Crippen molar-refractivity contribution in [1.82, 2.24) is 24.8 Å². The number of aromatic nitrogens is 4. The number of carbonyl (C=O) groups excluding carboxylic acids is 1. The molecule has 3 aliphatic rings. The summed E-state index contributed by atoms with van der Waals surface area (Å²) >= 11 is 0. The van der Waals surface area contributed by atoms with Crippen molar-refractivity contribution in [3.05, 3.63) is 53.7 Å². The van der Waals surface area contributed by atoms with Crippen molar-refractivity contribution in [1.29, 1.82) is 0 Å². The first-order valence-corrected chi connectivity index (χ1v) is 13.9. The molecule has 0 radical (unpaired) electrons. The maximum Gasteiger partial charge on any atom is 0.233 e. The number of fused-ring (bicyclic) bond motifs is 1. The monoisotopic (exact) mass is 512 g/mol. The minimum Gasteiger partial charge on any atom is -0.382 e. The Balaban J connectivity index is 1.23. The Morgan fingerprint density at radius 1 is 1.05 bits per heavy atom. The number of piperidine rings is 1. The molecule has 0 bridgehead atoms. The molecule has 38 heavy (non-hydrogen) atoms. The van der Waals surface area contributed by atoms with Crippen LogP contribution >= 0.6 is 0 Å². The molecule has 1 atom stereocenters. The first-order valence-electron chi connectivity index (χ1n) is 13.9. The number of amides is 1. The third-order valence-electron chi connectivity index (χ3n) is 8.26. The third kappa shape index (κ3) is 4.82. The van der Waals surface area contributed by atoms with Gasteiger partial charge in [0.25, 0.3) is 0 Å². The SMILES string of the molecule is Cc1ncccc1-c1ccc(NCCN2CCCC2)c(C2CCN(c3ncnc4c3C(C)C(=O)N4)CC2)n1. The highest BCUT2D eigenvalue weighted by Crippen LogP contribution is 2.40. The molecule has 2 saturated heterocycles.